The molecule has 37 heavy (non-hydrogen) atoms. The summed E-state index contributed by atoms with van der Waals surface area (Å²) in [5.41, 5.74) is 1.74. The molecule has 0 aliphatic carbocycles. The molecule has 0 aromatic heterocycles. The number of phenols is 1. The second-order valence-electron chi connectivity index (χ2n) is 9.88. The number of hydrogen-bond donors (Lipinski definition) is 3. The van der Waals surface area contributed by atoms with Gasteiger partial charge >= 0.3 is 6.18 Å². The van der Waals surface area contributed by atoms with E-state index in [9.17, 15) is 31.5 Å². The van der Waals surface area contributed by atoms with Crippen molar-refractivity contribution < 1.29 is 31.5 Å². The van der Waals surface area contributed by atoms with Gasteiger partial charge in [0.1, 0.15) is 5.75 Å². The first-order valence-corrected chi connectivity index (χ1v) is 12.8. The maximum Gasteiger partial charge on any atom is 0.416 e. The summed E-state index contributed by atoms with van der Waals surface area (Å²) in [7, 11) is -4.17. The fourth-order valence-electron chi connectivity index (χ4n) is 4.05. The third kappa shape index (κ3) is 5.34. The lowest BCUT2D eigenvalue weighted by atomic mass is 9.84. The first kappa shape index (κ1) is 26.3. The first-order chi connectivity index (χ1) is 17.1. The quantitative estimate of drug-likeness (QED) is 0.345. The Kier molecular flexibility index (Phi) is 6.36. The Morgan fingerprint density at radius 3 is 2.22 bits per heavy atom. The monoisotopic (exact) mass is 530 g/mol. The number of hydrogen-bond acceptors (Lipinski definition) is 4. The van der Waals surface area contributed by atoms with E-state index in [1.165, 1.54) is 18.2 Å². The van der Waals surface area contributed by atoms with Crippen LogP contribution in [0.15, 0.2) is 59.5 Å². The van der Waals surface area contributed by atoms with Crippen molar-refractivity contribution in [2.45, 2.75) is 44.2 Å². The molecule has 0 atom stereocenters. The Morgan fingerprint density at radius 2 is 1.62 bits per heavy atom. The van der Waals surface area contributed by atoms with Crippen molar-refractivity contribution in [2.75, 3.05) is 10.0 Å². The molecular formula is C27H25F3N2O4S. The molecule has 194 valence electrons. The van der Waals surface area contributed by atoms with Crippen molar-refractivity contribution in [3.05, 3.63) is 82.4 Å². The van der Waals surface area contributed by atoms with Crippen LogP contribution in [0.3, 0.4) is 0 Å². The lowest BCUT2D eigenvalue weighted by Crippen LogP contribution is -2.13. The lowest BCUT2D eigenvalue weighted by molar-refractivity contribution is -0.137. The van der Waals surface area contributed by atoms with Gasteiger partial charge in [0.25, 0.3) is 15.9 Å². The number of rotatable bonds is 4. The molecule has 4 rings (SSSR count). The predicted molar refractivity (Wildman–Crippen MR) is 137 cm³/mol. The molecule has 1 aliphatic rings. The van der Waals surface area contributed by atoms with Crippen LogP contribution in [0.1, 0.15) is 48.6 Å². The van der Waals surface area contributed by atoms with Crippen LogP contribution in [0.4, 0.5) is 24.5 Å². The highest BCUT2D eigenvalue weighted by Crippen LogP contribution is 2.38. The smallest absolute Gasteiger partial charge is 0.416 e. The molecule has 0 radical (unpaired) electrons. The van der Waals surface area contributed by atoms with Crippen LogP contribution >= 0.6 is 0 Å². The SMILES string of the molecule is Cc1cc(C=C2C(=O)Nc3ccc(S(=O)(=O)Nc4ccc(C(F)(F)F)cc4)cc32)cc(C(C)(C)C)c1O. The van der Waals surface area contributed by atoms with E-state index in [0.29, 0.717) is 27.9 Å². The number of carbonyl (C=O) groups excluding carboxylic acids is 1. The molecule has 1 heterocycles. The number of amides is 1. The lowest BCUT2D eigenvalue weighted by Gasteiger charge is -2.22. The van der Waals surface area contributed by atoms with Crippen molar-refractivity contribution >= 4 is 39.0 Å². The summed E-state index contributed by atoms with van der Waals surface area (Å²) in [6, 6.07) is 11.3. The molecule has 1 amide bonds. The molecule has 3 N–H and O–H groups in total. The number of phenolic OH excluding ortho intramolecular Hbond substituents is 1. The van der Waals surface area contributed by atoms with Crippen molar-refractivity contribution in [2.24, 2.45) is 0 Å². The second-order valence-corrected chi connectivity index (χ2v) is 11.6. The summed E-state index contributed by atoms with van der Waals surface area (Å²) in [5, 5.41) is 13.2. The van der Waals surface area contributed by atoms with Gasteiger partial charge in [0.15, 0.2) is 0 Å². The van der Waals surface area contributed by atoms with Gasteiger partial charge in [-0.25, -0.2) is 8.42 Å². The molecule has 0 spiro atoms. The van der Waals surface area contributed by atoms with Crippen LogP contribution in [-0.4, -0.2) is 19.4 Å². The fourth-order valence-corrected chi connectivity index (χ4v) is 5.13. The van der Waals surface area contributed by atoms with Crippen molar-refractivity contribution in [1.29, 1.82) is 0 Å². The standard InChI is InChI=1S/C27H25F3N2O4S/c1-15-11-16(13-22(24(15)33)26(2,3)4)12-21-20-14-19(9-10-23(20)31-25(21)34)37(35,36)32-18-7-5-17(6-8-18)27(28,29)30/h5-14,32-33H,1-4H3,(H,31,34). The average molecular weight is 531 g/mol. The number of anilines is 2. The Balaban J connectivity index is 1.70. The summed E-state index contributed by atoms with van der Waals surface area (Å²) in [4.78, 5) is 12.6. The summed E-state index contributed by atoms with van der Waals surface area (Å²) in [6.07, 6.45) is -2.91. The number of sulfonamides is 1. The molecule has 1 aliphatic heterocycles. The molecule has 0 fully saturated rings. The fraction of sp³-hybridized carbons (Fsp3) is 0.222. The highest BCUT2D eigenvalue weighted by molar-refractivity contribution is 7.92. The van der Waals surface area contributed by atoms with E-state index in [-0.39, 0.29) is 27.3 Å². The molecule has 3 aromatic carbocycles. The first-order valence-electron chi connectivity index (χ1n) is 11.3. The summed E-state index contributed by atoms with van der Waals surface area (Å²) in [6.45, 7) is 7.62. The highest BCUT2D eigenvalue weighted by Gasteiger charge is 2.31. The minimum atomic E-state index is -4.54. The van der Waals surface area contributed by atoms with E-state index in [2.05, 4.69) is 10.0 Å². The molecule has 0 unspecified atom stereocenters. The van der Waals surface area contributed by atoms with Gasteiger partial charge in [-0.3, -0.25) is 9.52 Å². The van der Waals surface area contributed by atoms with E-state index in [1.807, 2.05) is 20.8 Å². The topological polar surface area (TPSA) is 95.5 Å². The maximum absolute atomic E-state index is 13.0. The number of aryl methyl sites for hydroxylation is 1. The summed E-state index contributed by atoms with van der Waals surface area (Å²) in [5.74, 6) is -0.239. The second kappa shape index (κ2) is 8.95. The van der Waals surface area contributed by atoms with E-state index in [4.69, 9.17) is 0 Å². The Hall–Kier alpha value is -3.79. The molecular weight excluding hydrogens is 505 g/mol. The van der Waals surface area contributed by atoms with Crippen molar-refractivity contribution in [3.8, 4) is 5.75 Å². The normalized spacial score (nSPS) is 15.0. The minimum Gasteiger partial charge on any atom is -0.507 e. The molecule has 0 bridgehead atoms. The van der Waals surface area contributed by atoms with Gasteiger partial charge in [-0.1, -0.05) is 20.8 Å². The zero-order valence-electron chi connectivity index (χ0n) is 20.5. The van der Waals surface area contributed by atoms with Gasteiger partial charge in [0, 0.05) is 28.1 Å². The number of halogens is 3. The molecule has 6 nitrogen and oxygen atoms in total. The van der Waals surface area contributed by atoms with Gasteiger partial charge in [-0.15, -0.1) is 0 Å². The number of nitrogens with one attached hydrogen (secondary N) is 2. The zero-order chi connectivity index (χ0) is 27.3. The number of carbonyl (C=O) groups is 1. The number of aromatic hydroxyl groups is 1. The van der Waals surface area contributed by atoms with Gasteiger partial charge in [-0.05, 0) is 84.1 Å². The summed E-state index contributed by atoms with van der Waals surface area (Å²) < 4.78 is 66.7. The number of alkyl halides is 3. The van der Waals surface area contributed by atoms with Gasteiger partial charge in [0.05, 0.1) is 10.5 Å². The molecule has 0 saturated heterocycles. The van der Waals surface area contributed by atoms with Crippen molar-refractivity contribution in [3.63, 3.8) is 0 Å². The van der Waals surface area contributed by atoms with Crippen LogP contribution in [0.5, 0.6) is 5.75 Å². The third-order valence-electron chi connectivity index (χ3n) is 5.99. The van der Waals surface area contributed by atoms with Gasteiger partial charge in [0.2, 0.25) is 0 Å². The van der Waals surface area contributed by atoms with E-state index < -0.39 is 27.7 Å². The predicted octanol–water partition coefficient (Wildman–Crippen LogP) is 6.31. The van der Waals surface area contributed by atoms with Gasteiger partial charge in [-0.2, -0.15) is 13.2 Å². The Labute approximate surface area is 212 Å². The zero-order valence-corrected chi connectivity index (χ0v) is 21.3. The Morgan fingerprint density at radius 1 is 0.973 bits per heavy atom. The highest BCUT2D eigenvalue weighted by atomic mass is 32.2. The molecule has 3 aromatic rings. The minimum absolute atomic E-state index is 0.0345. The summed E-state index contributed by atoms with van der Waals surface area (Å²) >= 11 is 0. The molecule has 10 heteroatoms. The van der Waals surface area contributed by atoms with Crippen LogP contribution in [0.25, 0.3) is 11.6 Å². The average Bonchev–Trinajstić information content (AvgIpc) is 3.09. The maximum atomic E-state index is 13.0. The Bertz CT molecular complexity index is 1540. The van der Waals surface area contributed by atoms with Crippen LogP contribution in [0, 0.1) is 6.92 Å². The van der Waals surface area contributed by atoms with Crippen molar-refractivity contribution in [1.82, 2.24) is 0 Å². The largest absolute Gasteiger partial charge is 0.507 e. The van der Waals surface area contributed by atoms with Gasteiger partial charge < -0.3 is 10.4 Å². The van der Waals surface area contributed by atoms with E-state index >= 15 is 0 Å². The van der Waals surface area contributed by atoms with Crippen LogP contribution in [-0.2, 0) is 26.4 Å². The van der Waals surface area contributed by atoms with Crippen LogP contribution < -0.4 is 10.0 Å². The van der Waals surface area contributed by atoms with E-state index in [0.717, 1.165) is 24.3 Å². The number of benzene rings is 3. The van der Waals surface area contributed by atoms with Crippen LogP contribution in [0.2, 0.25) is 0 Å². The number of fused-ring (bicyclic) bond motifs is 1. The molecule has 0 saturated carbocycles. The van der Waals surface area contributed by atoms with E-state index in [1.54, 1.807) is 25.1 Å². The third-order valence-corrected chi connectivity index (χ3v) is 7.37.